The van der Waals surface area contributed by atoms with Crippen molar-refractivity contribution in [3.63, 3.8) is 0 Å². The summed E-state index contributed by atoms with van der Waals surface area (Å²) in [7, 11) is 0. The summed E-state index contributed by atoms with van der Waals surface area (Å²) in [5, 5.41) is 0. The number of allylic oxidation sites excluding steroid dienone is 19. The molecule has 30 heavy (non-hydrogen) atoms. The van der Waals surface area contributed by atoms with Gasteiger partial charge in [-0.1, -0.05) is 174 Å². The van der Waals surface area contributed by atoms with Gasteiger partial charge in [-0.15, -0.1) is 0 Å². The van der Waals surface area contributed by atoms with Gasteiger partial charge in [0.05, 0.1) is 0 Å². The summed E-state index contributed by atoms with van der Waals surface area (Å²) in [5.74, 6) is 0. The van der Waals surface area contributed by atoms with Crippen molar-refractivity contribution in [2.75, 3.05) is 0 Å². The smallest absolute Gasteiger partial charge is 0.0348 e. The normalized spacial score (nSPS) is 13.6. The molecule has 0 aromatic carbocycles. The van der Waals surface area contributed by atoms with Crippen LogP contribution in [0.25, 0.3) is 0 Å². The fourth-order valence-corrected chi connectivity index (χ4v) is 2.60. The predicted molar refractivity (Wildman–Crippen MR) is 138 cm³/mol. The summed E-state index contributed by atoms with van der Waals surface area (Å²) >= 11 is 0. The van der Waals surface area contributed by atoms with Gasteiger partial charge < -0.3 is 0 Å². The molecule has 0 aromatic heterocycles. The van der Waals surface area contributed by atoms with E-state index in [2.05, 4.69) is 31.2 Å². The minimum absolute atomic E-state index is 1.19. The SMILES string of the molecule is [CH]=CC=CC=CC=CC=CC=CC=CC=CC=CC=CCCCCCCCCCC. The zero-order chi connectivity index (χ0) is 21.8. The molecule has 0 atom stereocenters. The summed E-state index contributed by atoms with van der Waals surface area (Å²) in [5.41, 5.74) is 0. The highest BCUT2D eigenvalue weighted by Gasteiger charge is 1.89. The highest BCUT2D eigenvalue weighted by molar-refractivity contribution is 5.22. The summed E-state index contributed by atoms with van der Waals surface area (Å²) in [4.78, 5) is 0. The maximum Gasteiger partial charge on any atom is -0.0348 e. The summed E-state index contributed by atoms with van der Waals surface area (Å²) < 4.78 is 0. The molecule has 0 saturated carbocycles. The lowest BCUT2D eigenvalue weighted by molar-refractivity contribution is 0.577. The molecule has 0 fully saturated rings. The van der Waals surface area contributed by atoms with Crippen LogP contribution in [0.15, 0.2) is 115 Å². The molecule has 0 N–H and O–H groups in total. The molecule has 0 aromatic rings. The van der Waals surface area contributed by atoms with Crippen LogP contribution in [0.4, 0.5) is 0 Å². The van der Waals surface area contributed by atoms with Crippen LogP contribution in [0, 0.1) is 6.58 Å². The van der Waals surface area contributed by atoms with E-state index in [-0.39, 0.29) is 0 Å². The lowest BCUT2D eigenvalue weighted by Crippen LogP contribution is -1.79. The van der Waals surface area contributed by atoms with Gasteiger partial charge in [-0.2, -0.15) is 0 Å². The molecule has 0 spiro atoms. The first-order valence-corrected chi connectivity index (χ1v) is 11.4. The van der Waals surface area contributed by atoms with Crippen LogP contribution in [0.1, 0.15) is 64.7 Å². The van der Waals surface area contributed by atoms with Gasteiger partial charge in [-0.05, 0) is 12.8 Å². The molecule has 0 amide bonds. The Kier molecular flexibility index (Phi) is 24.1. The third-order valence-corrected chi connectivity index (χ3v) is 4.25. The van der Waals surface area contributed by atoms with E-state index in [4.69, 9.17) is 6.58 Å². The van der Waals surface area contributed by atoms with Crippen molar-refractivity contribution < 1.29 is 0 Å². The highest BCUT2D eigenvalue weighted by Crippen LogP contribution is 2.09. The van der Waals surface area contributed by atoms with Crippen molar-refractivity contribution in [3.8, 4) is 0 Å². The van der Waals surface area contributed by atoms with Gasteiger partial charge in [0.1, 0.15) is 0 Å². The van der Waals surface area contributed by atoms with Gasteiger partial charge in [0, 0.05) is 0 Å². The van der Waals surface area contributed by atoms with E-state index in [1.165, 1.54) is 63.9 Å². The van der Waals surface area contributed by atoms with Gasteiger partial charge in [0.25, 0.3) is 0 Å². The molecule has 0 heteroatoms. The lowest BCUT2D eigenvalue weighted by atomic mass is 10.1. The fraction of sp³-hybridized carbons (Fsp3) is 0.333. The van der Waals surface area contributed by atoms with E-state index >= 15 is 0 Å². The summed E-state index contributed by atoms with van der Waals surface area (Å²) in [6.07, 6.45) is 50.0. The van der Waals surface area contributed by atoms with Crippen molar-refractivity contribution in [2.45, 2.75) is 64.7 Å². The molecule has 0 aliphatic heterocycles. The van der Waals surface area contributed by atoms with E-state index < -0.39 is 0 Å². The Morgan fingerprint density at radius 1 is 0.400 bits per heavy atom. The van der Waals surface area contributed by atoms with Crippen molar-refractivity contribution in [2.24, 2.45) is 0 Å². The average molecular weight is 402 g/mol. The van der Waals surface area contributed by atoms with Crippen LogP contribution in [0.2, 0.25) is 0 Å². The Morgan fingerprint density at radius 3 is 1.13 bits per heavy atom. The van der Waals surface area contributed by atoms with Crippen molar-refractivity contribution in [1.29, 1.82) is 0 Å². The van der Waals surface area contributed by atoms with Crippen LogP contribution in [-0.4, -0.2) is 0 Å². The number of hydrogen-bond acceptors (Lipinski definition) is 0. The number of unbranched alkanes of at least 4 members (excludes halogenated alkanes) is 8. The molecular formula is C30H41. The second-order valence-electron chi connectivity index (χ2n) is 6.96. The standard InChI is InChI=1S/C30H41/c1-3-5-7-9-11-13-15-17-19-21-23-25-27-29-30-28-26-24-22-20-18-16-14-12-10-8-6-4-2/h1,3,5,7,9,11,13,15,17,19,21-30H,4,6,8,10,12,14,16,18,20H2,2H3. The van der Waals surface area contributed by atoms with Crippen molar-refractivity contribution in [3.05, 3.63) is 122 Å². The number of hydrogen-bond donors (Lipinski definition) is 0. The topological polar surface area (TPSA) is 0 Å². The van der Waals surface area contributed by atoms with Gasteiger partial charge in [-0.25, -0.2) is 0 Å². The van der Waals surface area contributed by atoms with Crippen LogP contribution in [0.5, 0.6) is 0 Å². The van der Waals surface area contributed by atoms with Gasteiger partial charge in [-0.3, -0.25) is 0 Å². The van der Waals surface area contributed by atoms with Crippen LogP contribution >= 0.6 is 0 Å². The molecule has 0 aliphatic rings. The zero-order valence-corrected chi connectivity index (χ0v) is 18.9. The Hall–Kier alpha value is -2.60. The zero-order valence-electron chi connectivity index (χ0n) is 18.9. The fourth-order valence-electron chi connectivity index (χ4n) is 2.60. The minimum Gasteiger partial charge on any atom is -0.0845 e. The Bertz CT molecular complexity index is 627. The monoisotopic (exact) mass is 401 g/mol. The average Bonchev–Trinajstić information content (AvgIpc) is 2.76. The Balaban J connectivity index is 3.67. The third-order valence-electron chi connectivity index (χ3n) is 4.25. The molecule has 0 heterocycles. The van der Waals surface area contributed by atoms with Gasteiger partial charge in [0.15, 0.2) is 0 Å². The van der Waals surface area contributed by atoms with E-state index in [0.717, 1.165) is 0 Å². The molecule has 0 bridgehead atoms. The lowest BCUT2D eigenvalue weighted by Gasteiger charge is -1.99. The molecule has 0 nitrogen and oxygen atoms in total. The quantitative estimate of drug-likeness (QED) is 0.158. The van der Waals surface area contributed by atoms with Crippen LogP contribution in [-0.2, 0) is 0 Å². The molecule has 0 saturated heterocycles. The maximum atomic E-state index is 5.23. The molecule has 0 aliphatic carbocycles. The van der Waals surface area contributed by atoms with E-state index in [0.29, 0.717) is 0 Å². The van der Waals surface area contributed by atoms with Gasteiger partial charge >= 0.3 is 0 Å². The first kappa shape index (κ1) is 27.4. The molecule has 161 valence electrons. The maximum absolute atomic E-state index is 5.23. The molecule has 0 unspecified atom stereocenters. The first-order chi connectivity index (χ1) is 14.9. The second kappa shape index (κ2) is 26.4. The third kappa shape index (κ3) is 25.4. The largest absolute Gasteiger partial charge is 0.0845 e. The van der Waals surface area contributed by atoms with Crippen LogP contribution in [0.3, 0.4) is 0 Å². The van der Waals surface area contributed by atoms with Crippen molar-refractivity contribution in [1.82, 2.24) is 0 Å². The van der Waals surface area contributed by atoms with E-state index in [9.17, 15) is 0 Å². The second-order valence-corrected chi connectivity index (χ2v) is 6.96. The molecule has 0 rings (SSSR count). The van der Waals surface area contributed by atoms with Gasteiger partial charge in [0.2, 0.25) is 0 Å². The van der Waals surface area contributed by atoms with Crippen molar-refractivity contribution >= 4 is 0 Å². The van der Waals surface area contributed by atoms with Crippen LogP contribution < -0.4 is 0 Å². The summed E-state index contributed by atoms with van der Waals surface area (Å²) in [6, 6.07) is 0. The predicted octanol–water partition coefficient (Wildman–Crippen LogP) is 9.51. The molecular weight excluding hydrogens is 360 g/mol. The van der Waals surface area contributed by atoms with E-state index in [1.807, 2.05) is 79.0 Å². The Morgan fingerprint density at radius 2 is 0.733 bits per heavy atom. The minimum atomic E-state index is 1.19. The van der Waals surface area contributed by atoms with E-state index in [1.54, 1.807) is 6.08 Å². The summed E-state index contributed by atoms with van der Waals surface area (Å²) in [6.45, 7) is 7.50. The first-order valence-electron chi connectivity index (χ1n) is 11.4. The molecule has 1 radical (unpaired) electrons. The Labute approximate surface area is 186 Å². The highest BCUT2D eigenvalue weighted by atomic mass is 14.0. The number of rotatable bonds is 18.